The summed E-state index contributed by atoms with van der Waals surface area (Å²) in [6.45, 7) is 2.09. The Bertz CT molecular complexity index is 971. The Kier molecular flexibility index (Phi) is 4.31. The first-order chi connectivity index (χ1) is 13.6. The first-order valence-corrected chi connectivity index (χ1v) is 10.7. The Hall–Kier alpha value is -2.13. The van der Waals surface area contributed by atoms with E-state index in [9.17, 15) is 9.90 Å². The highest BCUT2D eigenvalue weighted by Gasteiger charge is 2.54. The summed E-state index contributed by atoms with van der Waals surface area (Å²) < 4.78 is 0. The topological polar surface area (TPSA) is 50.2 Å². The van der Waals surface area contributed by atoms with Crippen molar-refractivity contribution in [2.24, 2.45) is 23.7 Å². The second kappa shape index (κ2) is 6.73. The van der Waals surface area contributed by atoms with Crippen molar-refractivity contribution in [3.63, 3.8) is 0 Å². The molecule has 0 spiro atoms. The van der Waals surface area contributed by atoms with Gasteiger partial charge >= 0.3 is 0 Å². The molecule has 1 aromatic carbocycles. The minimum atomic E-state index is -0.00643. The molecule has 1 heterocycles. The van der Waals surface area contributed by atoms with Crippen LogP contribution in [-0.4, -0.2) is 15.9 Å². The largest absolute Gasteiger partial charge is 0.511 e. The molecule has 6 rings (SSSR count). The zero-order valence-corrected chi connectivity index (χ0v) is 16.7. The zero-order valence-electron chi connectivity index (χ0n) is 16.0. The lowest BCUT2D eigenvalue weighted by Gasteiger charge is -2.44. The summed E-state index contributed by atoms with van der Waals surface area (Å²) >= 11 is 5.93. The van der Waals surface area contributed by atoms with E-state index in [0.29, 0.717) is 28.3 Å². The molecular formula is C24H24ClNO2. The Morgan fingerprint density at radius 2 is 1.71 bits per heavy atom. The van der Waals surface area contributed by atoms with Crippen LogP contribution in [0.1, 0.15) is 43.7 Å². The summed E-state index contributed by atoms with van der Waals surface area (Å²) in [4.78, 5) is 17.6. The molecule has 0 radical (unpaired) electrons. The van der Waals surface area contributed by atoms with Gasteiger partial charge in [-0.1, -0.05) is 30.7 Å². The number of nitrogens with zero attached hydrogens (tertiary/aromatic N) is 1. The van der Waals surface area contributed by atoms with Crippen molar-refractivity contribution in [3.8, 4) is 11.1 Å². The van der Waals surface area contributed by atoms with Crippen molar-refractivity contribution in [1.82, 2.24) is 4.98 Å². The van der Waals surface area contributed by atoms with E-state index < -0.39 is 0 Å². The second-order valence-electron chi connectivity index (χ2n) is 8.45. The van der Waals surface area contributed by atoms with Crippen molar-refractivity contribution in [1.29, 1.82) is 0 Å². The van der Waals surface area contributed by atoms with Crippen molar-refractivity contribution < 1.29 is 9.90 Å². The van der Waals surface area contributed by atoms with Gasteiger partial charge in [0.05, 0.1) is 5.57 Å². The number of aliphatic hydroxyl groups is 1. The lowest BCUT2D eigenvalue weighted by Crippen LogP contribution is -2.41. The molecule has 2 aromatic rings. The van der Waals surface area contributed by atoms with E-state index >= 15 is 0 Å². The van der Waals surface area contributed by atoms with Crippen LogP contribution in [0, 0.1) is 23.7 Å². The zero-order chi connectivity index (χ0) is 19.4. The predicted molar refractivity (Wildman–Crippen MR) is 111 cm³/mol. The van der Waals surface area contributed by atoms with E-state index in [1.165, 1.54) is 0 Å². The van der Waals surface area contributed by atoms with Crippen LogP contribution in [0.3, 0.4) is 0 Å². The third-order valence-corrected chi connectivity index (χ3v) is 7.38. The van der Waals surface area contributed by atoms with Crippen LogP contribution >= 0.6 is 11.6 Å². The van der Waals surface area contributed by atoms with Gasteiger partial charge in [0.15, 0.2) is 5.78 Å². The Morgan fingerprint density at radius 1 is 1.04 bits per heavy atom. The fourth-order valence-electron chi connectivity index (χ4n) is 5.79. The normalized spacial score (nSPS) is 28.7. The quantitative estimate of drug-likeness (QED) is 0.663. The molecule has 3 fully saturated rings. The molecule has 144 valence electrons. The summed E-state index contributed by atoms with van der Waals surface area (Å²) in [6, 6.07) is 9.88. The third kappa shape index (κ3) is 2.63. The number of aryl methyl sites for hydroxylation is 1. The summed E-state index contributed by atoms with van der Waals surface area (Å²) in [5.41, 5.74) is 4.52. The molecule has 0 saturated heterocycles. The molecule has 3 saturated carbocycles. The van der Waals surface area contributed by atoms with E-state index in [4.69, 9.17) is 11.6 Å². The van der Waals surface area contributed by atoms with E-state index in [2.05, 4.69) is 24.0 Å². The van der Waals surface area contributed by atoms with Gasteiger partial charge in [-0.15, -0.1) is 0 Å². The maximum Gasteiger partial charge on any atom is 0.170 e. The number of rotatable bonds is 3. The van der Waals surface area contributed by atoms with Crippen LogP contribution in [-0.2, 0) is 11.2 Å². The first-order valence-electron chi connectivity index (χ1n) is 10.3. The smallest absolute Gasteiger partial charge is 0.170 e. The van der Waals surface area contributed by atoms with E-state index in [1.807, 2.05) is 12.1 Å². The molecule has 0 unspecified atom stereocenters. The summed E-state index contributed by atoms with van der Waals surface area (Å²) in [7, 11) is 0. The van der Waals surface area contributed by atoms with Crippen LogP contribution in [0.5, 0.6) is 0 Å². The molecule has 0 aliphatic heterocycles. The van der Waals surface area contributed by atoms with Gasteiger partial charge in [-0.05, 0) is 78.8 Å². The number of Topliss-reactive ketones (excluding diaryl/α,β-unsaturated/α-hetero) is 1. The van der Waals surface area contributed by atoms with Crippen molar-refractivity contribution in [2.75, 3.05) is 0 Å². The van der Waals surface area contributed by atoms with E-state index in [1.54, 1.807) is 12.3 Å². The predicted octanol–water partition coefficient (Wildman–Crippen LogP) is 5.87. The number of aliphatic hydroxyl groups excluding tert-OH is 1. The van der Waals surface area contributed by atoms with Gasteiger partial charge in [0.2, 0.25) is 0 Å². The van der Waals surface area contributed by atoms with Crippen molar-refractivity contribution in [2.45, 2.75) is 39.0 Å². The fourth-order valence-corrected chi connectivity index (χ4v) is 5.91. The monoisotopic (exact) mass is 393 g/mol. The highest BCUT2D eigenvalue weighted by molar-refractivity contribution is 6.29. The molecule has 4 heteroatoms. The fraction of sp³-hybridized carbons (Fsp3) is 0.417. The van der Waals surface area contributed by atoms with Crippen molar-refractivity contribution >= 4 is 23.0 Å². The molecule has 28 heavy (non-hydrogen) atoms. The minimum Gasteiger partial charge on any atom is -0.511 e. The average Bonchev–Trinajstić information content (AvgIpc) is 3.01. The molecule has 2 bridgehead atoms. The third-order valence-electron chi connectivity index (χ3n) is 7.16. The van der Waals surface area contributed by atoms with Crippen LogP contribution in [0.25, 0.3) is 16.7 Å². The molecule has 3 nitrogen and oxygen atoms in total. The van der Waals surface area contributed by atoms with Gasteiger partial charge in [-0.2, -0.15) is 0 Å². The number of aromatic nitrogens is 1. The number of hydrogen-bond acceptors (Lipinski definition) is 3. The molecule has 4 aliphatic carbocycles. The molecule has 0 amide bonds. The number of ketones is 1. The second-order valence-corrected chi connectivity index (χ2v) is 8.83. The standard InChI is InChI=1S/C24H24ClNO2/c1-2-13-3-8-16(17-9-10-19(25)26-12-17)11-18(13)22-23(27)20-14-4-5-15(7-6-14)21(20)24(22)28/h3,8-12,14-15,20-21,27H,2,4-7H2,1H3/t14?,15?,20-,21+/m0/s1. The number of fused-ring (bicyclic) bond motifs is 2. The van der Waals surface area contributed by atoms with Gasteiger partial charge in [0, 0.05) is 23.6 Å². The highest BCUT2D eigenvalue weighted by atomic mass is 35.5. The lowest BCUT2D eigenvalue weighted by atomic mass is 9.59. The Morgan fingerprint density at radius 3 is 2.32 bits per heavy atom. The van der Waals surface area contributed by atoms with Gasteiger partial charge in [-0.25, -0.2) is 4.98 Å². The first kappa shape index (κ1) is 17.9. The van der Waals surface area contributed by atoms with Crippen LogP contribution in [0.15, 0.2) is 42.3 Å². The van der Waals surface area contributed by atoms with Gasteiger partial charge in [0.1, 0.15) is 10.9 Å². The van der Waals surface area contributed by atoms with E-state index in [-0.39, 0.29) is 17.6 Å². The Labute approximate surface area is 170 Å². The average molecular weight is 394 g/mol. The van der Waals surface area contributed by atoms with Gasteiger partial charge in [-0.3, -0.25) is 4.79 Å². The molecule has 1 aromatic heterocycles. The van der Waals surface area contributed by atoms with Crippen molar-refractivity contribution in [3.05, 3.63) is 58.6 Å². The number of halogens is 1. The van der Waals surface area contributed by atoms with Crippen LogP contribution in [0.4, 0.5) is 0 Å². The van der Waals surface area contributed by atoms with E-state index in [0.717, 1.165) is 54.4 Å². The molecule has 2 atom stereocenters. The van der Waals surface area contributed by atoms with Crippen LogP contribution < -0.4 is 0 Å². The van der Waals surface area contributed by atoms with Gasteiger partial charge < -0.3 is 5.11 Å². The summed E-state index contributed by atoms with van der Waals surface area (Å²) in [6.07, 6.45) is 7.13. The number of hydrogen-bond donors (Lipinski definition) is 1. The summed E-state index contributed by atoms with van der Waals surface area (Å²) in [5.74, 6) is 1.46. The number of carbonyl (C=O) groups excluding carboxylic acids is 1. The number of pyridine rings is 1. The maximum absolute atomic E-state index is 13.5. The lowest BCUT2D eigenvalue weighted by molar-refractivity contribution is -0.123. The minimum absolute atomic E-state index is 0.00643. The number of carbonyl (C=O) groups is 1. The SMILES string of the molecule is CCc1ccc(-c2ccc(Cl)nc2)cc1C1=C(O)[C@H]2C3CCC(CC3)[C@H]2C1=O. The summed E-state index contributed by atoms with van der Waals surface area (Å²) in [5, 5.41) is 11.6. The Balaban J connectivity index is 1.63. The van der Waals surface area contributed by atoms with Crippen LogP contribution in [0.2, 0.25) is 5.15 Å². The van der Waals surface area contributed by atoms with Gasteiger partial charge in [0.25, 0.3) is 0 Å². The highest BCUT2D eigenvalue weighted by Crippen LogP contribution is 2.57. The molecule has 4 aliphatic rings. The molecular weight excluding hydrogens is 370 g/mol. The number of benzene rings is 1. The number of allylic oxidation sites excluding steroid dienone is 2. The maximum atomic E-state index is 13.5. The molecule has 1 N–H and O–H groups in total.